The highest BCUT2D eigenvalue weighted by molar-refractivity contribution is 5.71. The van der Waals surface area contributed by atoms with Gasteiger partial charge >= 0.3 is 0 Å². The summed E-state index contributed by atoms with van der Waals surface area (Å²) in [5, 5.41) is 0. The van der Waals surface area contributed by atoms with Gasteiger partial charge in [-0.25, -0.2) is 4.39 Å². The second-order valence-corrected chi connectivity index (χ2v) is 10.3. The van der Waals surface area contributed by atoms with Crippen molar-refractivity contribution in [2.45, 2.75) is 38.8 Å². The van der Waals surface area contributed by atoms with Crippen molar-refractivity contribution >= 4 is 5.69 Å². The number of rotatable bonds is 12. The summed E-state index contributed by atoms with van der Waals surface area (Å²) < 4.78 is 38.4. The Bertz CT molecular complexity index is 1370. The molecule has 1 saturated heterocycles. The van der Waals surface area contributed by atoms with Crippen LogP contribution in [0.5, 0.6) is 11.8 Å². The van der Waals surface area contributed by atoms with E-state index in [0.29, 0.717) is 47.7 Å². The molecule has 0 bridgehead atoms. The zero-order chi connectivity index (χ0) is 28.4. The lowest BCUT2D eigenvalue weighted by Gasteiger charge is -2.34. The van der Waals surface area contributed by atoms with Crippen molar-refractivity contribution in [3.05, 3.63) is 108 Å². The van der Waals surface area contributed by atoms with Gasteiger partial charge in [0.25, 0.3) is 0 Å². The van der Waals surface area contributed by atoms with Crippen molar-refractivity contribution in [3.63, 3.8) is 0 Å². The lowest BCUT2D eigenvalue weighted by molar-refractivity contribution is -0.115. The number of hydrogen-bond donors (Lipinski definition) is 0. The van der Waals surface area contributed by atoms with Crippen molar-refractivity contribution in [3.8, 4) is 22.9 Å². The minimum Gasteiger partial charge on any atom is -0.473 e. The normalized spacial score (nSPS) is 13.9. The van der Waals surface area contributed by atoms with Crippen LogP contribution in [0.2, 0.25) is 0 Å². The molecule has 0 spiro atoms. The first-order valence-electron chi connectivity index (χ1n) is 14.1. The number of anilines is 1. The van der Waals surface area contributed by atoms with E-state index in [0.717, 1.165) is 43.5 Å². The molecule has 1 aliphatic heterocycles. The summed E-state index contributed by atoms with van der Waals surface area (Å²) in [5.74, 6) is 1.09. The highest BCUT2D eigenvalue weighted by Crippen LogP contribution is 2.35. The average molecular weight is 557 g/mol. The van der Waals surface area contributed by atoms with Crippen LogP contribution in [0.3, 0.4) is 0 Å². The van der Waals surface area contributed by atoms with E-state index in [4.69, 9.17) is 18.9 Å². The molecule has 0 unspecified atom stereocenters. The van der Waals surface area contributed by atoms with Gasteiger partial charge in [0.2, 0.25) is 11.8 Å². The quantitative estimate of drug-likeness (QED) is 0.171. The maximum absolute atomic E-state index is 15.5. The van der Waals surface area contributed by atoms with Crippen molar-refractivity contribution in [2.75, 3.05) is 32.2 Å². The number of halogens is 1. The third-order valence-corrected chi connectivity index (χ3v) is 7.55. The van der Waals surface area contributed by atoms with Gasteiger partial charge in [-0.3, -0.25) is 0 Å². The molecular formula is C34H37FN2O4. The fourth-order valence-corrected chi connectivity index (χ4v) is 5.19. The first-order chi connectivity index (χ1) is 20.1. The van der Waals surface area contributed by atoms with Crippen molar-refractivity contribution in [1.82, 2.24) is 4.98 Å². The van der Waals surface area contributed by atoms with Gasteiger partial charge in [0.05, 0.1) is 5.69 Å². The molecule has 7 heteroatoms. The van der Waals surface area contributed by atoms with Gasteiger partial charge in [-0.1, -0.05) is 66.7 Å². The number of pyridine rings is 1. The second-order valence-electron chi connectivity index (χ2n) is 10.3. The summed E-state index contributed by atoms with van der Waals surface area (Å²) >= 11 is 0. The Kier molecular flexibility index (Phi) is 9.83. The molecule has 0 N–H and O–H groups in total. The van der Waals surface area contributed by atoms with Crippen LogP contribution >= 0.6 is 0 Å². The largest absolute Gasteiger partial charge is 0.473 e. The first-order valence-corrected chi connectivity index (χ1v) is 14.1. The molecule has 5 rings (SSSR count). The Morgan fingerprint density at radius 3 is 2.05 bits per heavy atom. The smallest absolute Gasteiger partial charge is 0.225 e. The molecule has 0 amide bonds. The molecule has 4 aromatic rings. The molecule has 1 fully saturated rings. The van der Waals surface area contributed by atoms with Crippen molar-refractivity contribution in [1.29, 1.82) is 0 Å². The molecule has 1 aliphatic rings. The lowest BCUT2D eigenvalue weighted by atomic mass is 9.92. The molecule has 1 aromatic heterocycles. The van der Waals surface area contributed by atoms with Crippen LogP contribution < -0.4 is 14.4 Å². The third-order valence-electron chi connectivity index (χ3n) is 7.55. The van der Waals surface area contributed by atoms with E-state index in [-0.39, 0.29) is 12.1 Å². The van der Waals surface area contributed by atoms with Gasteiger partial charge in [0.15, 0.2) is 6.29 Å². The zero-order valence-corrected chi connectivity index (χ0v) is 23.7. The highest BCUT2D eigenvalue weighted by Gasteiger charge is 2.24. The number of aromatic nitrogens is 1. The summed E-state index contributed by atoms with van der Waals surface area (Å²) in [5.41, 5.74) is 4.09. The average Bonchev–Trinajstić information content (AvgIpc) is 3.03. The summed E-state index contributed by atoms with van der Waals surface area (Å²) in [7, 11) is 3.33. The third kappa shape index (κ3) is 7.63. The minimum absolute atomic E-state index is 0.190. The number of hydrogen-bond acceptors (Lipinski definition) is 6. The van der Waals surface area contributed by atoms with Crippen LogP contribution in [-0.2, 0) is 22.7 Å². The minimum atomic E-state index is -0.258. The number of piperidine rings is 1. The molecule has 214 valence electrons. The molecule has 6 nitrogen and oxygen atoms in total. The van der Waals surface area contributed by atoms with Crippen molar-refractivity contribution < 1.29 is 23.3 Å². The molecular weight excluding hydrogens is 519 g/mol. The van der Waals surface area contributed by atoms with Crippen LogP contribution in [0, 0.1) is 11.7 Å². The van der Waals surface area contributed by atoms with Crippen LogP contribution in [0.25, 0.3) is 11.1 Å². The molecule has 0 saturated carbocycles. The van der Waals surface area contributed by atoms with Gasteiger partial charge in [0, 0.05) is 45.4 Å². The molecule has 41 heavy (non-hydrogen) atoms. The monoisotopic (exact) mass is 556 g/mol. The van der Waals surface area contributed by atoms with Gasteiger partial charge in [-0.05, 0) is 53.6 Å². The van der Waals surface area contributed by atoms with Crippen molar-refractivity contribution in [2.24, 2.45) is 5.92 Å². The van der Waals surface area contributed by atoms with Crippen LogP contribution in [0.1, 0.15) is 30.4 Å². The maximum Gasteiger partial charge on any atom is 0.225 e. The van der Waals surface area contributed by atoms with Crippen LogP contribution in [-0.4, -0.2) is 38.6 Å². The highest BCUT2D eigenvalue weighted by atomic mass is 19.1. The summed E-state index contributed by atoms with van der Waals surface area (Å²) in [6, 6.07) is 28.9. The fourth-order valence-electron chi connectivity index (χ4n) is 5.19. The predicted molar refractivity (Wildman–Crippen MR) is 159 cm³/mol. The van der Waals surface area contributed by atoms with Gasteiger partial charge in [0.1, 0.15) is 19.0 Å². The molecule has 3 aromatic carbocycles. The number of methoxy groups -OCH3 is 2. The van der Waals surface area contributed by atoms with Gasteiger partial charge in [-0.2, -0.15) is 4.98 Å². The summed E-state index contributed by atoms with van der Waals surface area (Å²) in [6.45, 7) is 2.32. The SMILES string of the molecule is COC(CC1CCN(c2ccc(-c3ccc(OCc4ccccc4)nc3OCc3ccccc3)cc2F)CC1)OC. The predicted octanol–water partition coefficient (Wildman–Crippen LogP) is 7.27. The molecule has 2 heterocycles. The number of nitrogens with zero attached hydrogens (tertiary/aromatic N) is 2. The fraction of sp³-hybridized carbons (Fsp3) is 0.324. The van der Waals surface area contributed by atoms with E-state index in [9.17, 15) is 0 Å². The zero-order valence-electron chi connectivity index (χ0n) is 23.7. The van der Waals surface area contributed by atoms with E-state index in [1.165, 1.54) is 0 Å². The van der Waals surface area contributed by atoms with E-state index in [1.807, 2.05) is 78.9 Å². The Balaban J connectivity index is 1.32. The summed E-state index contributed by atoms with van der Waals surface area (Å²) in [4.78, 5) is 6.79. The topological polar surface area (TPSA) is 53.1 Å². The Hall–Kier alpha value is -3.94. The molecule has 0 radical (unpaired) electrons. The lowest BCUT2D eigenvalue weighted by Crippen LogP contribution is -2.35. The number of ether oxygens (including phenoxy) is 4. The van der Waals surface area contributed by atoms with Crippen LogP contribution in [0.4, 0.5) is 10.1 Å². The van der Waals surface area contributed by atoms with E-state index in [2.05, 4.69) is 9.88 Å². The van der Waals surface area contributed by atoms with Gasteiger partial charge < -0.3 is 23.8 Å². The standard InChI is InChI=1S/C34H37FN2O4/c1-38-33(39-2)21-25-17-19-37(20-18-25)31-15-13-28(22-30(31)35)29-14-16-32(40-23-26-9-5-3-6-10-26)36-34(29)41-24-27-11-7-4-8-12-27/h3-16,22,25,33H,17-21,23-24H2,1-2H3. The maximum atomic E-state index is 15.5. The van der Waals surface area contributed by atoms with E-state index in [1.54, 1.807) is 26.4 Å². The molecule has 0 atom stereocenters. The van der Waals surface area contributed by atoms with Crippen LogP contribution in [0.15, 0.2) is 91.0 Å². The second kappa shape index (κ2) is 14.1. The molecule has 0 aliphatic carbocycles. The van der Waals surface area contributed by atoms with Gasteiger partial charge in [-0.15, -0.1) is 0 Å². The Morgan fingerprint density at radius 1 is 0.805 bits per heavy atom. The summed E-state index contributed by atoms with van der Waals surface area (Å²) in [6.07, 6.45) is 2.60. The first kappa shape index (κ1) is 28.6. The number of benzene rings is 3. The van der Waals surface area contributed by atoms with E-state index < -0.39 is 0 Å². The van der Waals surface area contributed by atoms with E-state index >= 15 is 4.39 Å². The Morgan fingerprint density at radius 2 is 1.44 bits per heavy atom. The Labute approximate surface area is 241 Å².